The first-order valence-electron chi connectivity index (χ1n) is 6.22. The summed E-state index contributed by atoms with van der Waals surface area (Å²) in [5.41, 5.74) is -3.09. The van der Waals surface area contributed by atoms with Crippen LogP contribution in [0.4, 0.5) is 4.79 Å². The van der Waals surface area contributed by atoms with Gasteiger partial charge >= 0.3 is 6.03 Å². The van der Waals surface area contributed by atoms with Crippen LogP contribution in [0, 0.1) is 0 Å². The third kappa shape index (κ3) is 1.68. The number of carbonyl (C=O) groups excluding carboxylic acids is 1. The Hall–Kier alpha value is -2.37. The molecule has 0 aromatic heterocycles. The summed E-state index contributed by atoms with van der Waals surface area (Å²) in [4.78, 5) is 11.7. The van der Waals surface area contributed by atoms with Gasteiger partial charge in [-0.3, -0.25) is 0 Å². The second-order valence-electron chi connectivity index (χ2n) is 4.73. The van der Waals surface area contributed by atoms with E-state index in [2.05, 4.69) is 10.6 Å². The standard InChI is InChI=1S/C15H14N2O3/c18-13-16-14(19,11-7-3-1-4-8-11)15(20,17-13)12-9-5-2-6-10-12/h1-10,19-20H,(H2,16,17,18)/t14-,15-/m1/s1. The van der Waals surface area contributed by atoms with Gasteiger partial charge in [-0.1, -0.05) is 60.7 Å². The molecule has 2 aromatic rings. The molecule has 0 bridgehead atoms. The van der Waals surface area contributed by atoms with E-state index in [1.807, 2.05) is 0 Å². The summed E-state index contributed by atoms with van der Waals surface area (Å²) >= 11 is 0. The van der Waals surface area contributed by atoms with Crippen molar-refractivity contribution in [3.63, 3.8) is 0 Å². The van der Waals surface area contributed by atoms with E-state index in [1.165, 1.54) is 0 Å². The van der Waals surface area contributed by atoms with Crippen molar-refractivity contribution in [2.45, 2.75) is 11.4 Å². The minimum atomic E-state index is -1.94. The fourth-order valence-electron chi connectivity index (χ4n) is 2.46. The van der Waals surface area contributed by atoms with Crippen molar-refractivity contribution < 1.29 is 15.0 Å². The molecule has 0 saturated carbocycles. The highest BCUT2D eigenvalue weighted by atomic mass is 16.4. The highest BCUT2D eigenvalue weighted by molar-refractivity contribution is 5.79. The van der Waals surface area contributed by atoms with E-state index >= 15 is 0 Å². The van der Waals surface area contributed by atoms with Gasteiger partial charge in [-0.05, 0) is 0 Å². The predicted molar refractivity (Wildman–Crippen MR) is 72.3 cm³/mol. The molecule has 1 aliphatic heterocycles. The molecule has 0 aliphatic carbocycles. The first kappa shape index (κ1) is 12.7. The molecule has 1 heterocycles. The van der Waals surface area contributed by atoms with Crippen molar-refractivity contribution in [3.8, 4) is 0 Å². The second-order valence-corrected chi connectivity index (χ2v) is 4.73. The number of urea groups is 1. The number of carbonyl (C=O) groups is 1. The van der Waals surface area contributed by atoms with Crippen molar-refractivity contribution in [1.29, 1.82) is 0 Å². The number of amides is 2. The summed E-state index contributed by atoms with van der Waals surface area (Å²) in [5.74, 6) is 0. The summed E-state index contributed by atoms with van der Waals surface area (Å²) in [7, 11) is 0. The maximum absolute atomic E-state index is 11.7. The minimum absolute atomic E-state index is 0.393. The maximum Gasteiger partial charge on any atom is 0.320 e. The third-order valence-corrected chi connectivity index (χ3v) is 3.50. The molecule has 3 rings (SSSR count). The van der Waals surface area contributed by atoms with Crippen LogP contribution in [0.2, 0.25) is 0 Å². The van der Waals surface area contributed by atoms with Gasteiger partial charge in [0, 0.05) is 11.1 Å². The maximum atomic E-state index is 11.7. The Labute approximate surface area is 115 Å². The van der Waals surface area contributed by atoms with Crippen LogP contribution >= 0.6 is 0 Å². The first-order valence-corrected chi connectivity index (χ1v) is 6.22. The van der Waals surface area contributed by atoms with Gasteiger partial charge in [-0.15, -0.1) is 0 Å². The SMILES string of the molecule is O=C1N[C@@](O)(c2ccccc2)[C@](O)(c2ccccc2)N1. The molecule has 1 saturated heterocycles. The van der Waals surface area contributed by atoms with Gasteiger partial charge < -0.3 is 20.8 Å². The van der Waals surface area contributed by atoms with Gasteiger partial charge in [0.15, 0.2) is 0 Å². The van der Waals surface area contributed by atoms with Gasteiger partial charge in [0.05, 0.1) is 0 Å². The summed E-state index contributed by atoms with van der Waals surface area (Å²) in [5, 5.41) is 26.5. The lowest BCUT2D eigenvalue weighted by Gasteiger charge is -2.36. The summed E-state index contributed by atoms with van der Waals surface area (Å²) in [6.07, 6.45) is 0. The molecular formula is C15H14N2O3. The van der Waals surface area contributed by atoms with E-state index in [4.69, 9.17) is 0 Å². The zero-order valence-electron chi connectivity index (χ0n) is 10.6. The largest absolute Gasteiger partial charge is 0.363 e. The highest BCUT2D eigenvalue weighted by Gasteiger charge is 2.59. The van der Waals surface area contributed by atoms with Crippen molar-refractivity contribution in [3.05, 3.63) is 71.8 Å². The predicted octanol–water partition coefficient (Wildman–Crippen LogP) is 0.990. The normalized spacial score (nSPS) is 28.8. The molecule has 1 fully saturated rings. The van der Waals surface area contributed by atoms with Crippen LogP contribution in [-0.4, -0.2) is 16.2 Å². The van der Waals surface area contributed by atoms with Crippen molar-refractivity contribution >= 4 is 6.03 Å². The van der Waals surface area contributed by atoms with Crippen molar-refractivity contribution in [2.75, 3.05) is 0 Å². The Balaban J connectivity index is 2.16. The molecule has 20 heavy (non-hydrogen) atoms. The Morgan fingerprint density at radius 1 is 0.700 bits per heavy atom. The van der Waals surface area contributed by atoms with Gasteiger partial charge in [0.2, 0.25) is 11.4 Å². The lowest BCUT2D eigenvalue weighted by atomic mass is 9.87. The molecule has 102 valence electrons. The van der Waals surface area contributed by atoms with Crippen LogP contribution in [-0.2, 0) is 11.4 Å². The molecule has 2 atom stereocenters. The van der Waals surface area contributed by atoms with E-state index in [-0.39, 0.29) is 0 Å². The zero-order chi connectivity index (χ0) is 14.2. The molecule has 1 aliphatic rings. The lowest BCUT2D eigenvalue weighted by molar-refractivity contribution is -0.166. The van der Waals surface area contributed by atoms with Gasteiger partial charge in [0.1, 0.15) is 0 Å². The third-order valence-electron chi connectivity index (χ3n) is 3.50. The van der Waals surface area contributed by atoms with Gasteiger partial charge in [0.25, 0.3) is 0 Å². The fourth-order valence-corrected chi connectivity index (χ4v) is 2.46. The topological polar surface area (TPSA) is 81.6 Å². The number of aliphatic hydroxyl groups is 2. The van der Waals surface area contributed by atoms with Gasteiger partial charge in [-0.2, -0.15) is 0 Å². The average molecular weight is 270 g/mol. The van der Waals surface area contributed by atoms with Crippen molar-refractivity contribution in [1.82, 2.24) is 10.6 Å². The molecule has 2 aromatic carbocycles. The molecule has 5 nitrogen and oxygen atoms in total. The Kier molecular flexibility index (Phi) is 2.74. The second kappa shape index (κ2) is 4.33. The van der Waals surface area contributed by atoms with E-state index in [1.54, 1.807) is 60.7 Å². The summed E-state index contributed by atoms with van der Waals surface area (Å²) in [6, 6.07) is 16.4. The van der Waals surface area contributed by atoms with Gasteiger partial charge in [-0.25, -0.2) is 4.79 Å². The van der Waals surface area contributed by atoms with Crippen LogP contribution < -0.4 is 10.6 Å². The van der Waals surface area contributed by atoms with Crippen LogP contribution in [0.5, 0.6) is 0 Å². The minimum Gasteiger partial charge on any atom is -0.363 e. The van der Waals surface area contributed by atoms with E-state index < -0.39 is 17.5 Å². The quantitative estimate of drug-likeness (QED) is 0.657. The molecule has 0 spiro atoms. The van der Waals surface area contributed by atoms with Crippen LogP contribution in [0.15, 0.2) is 60.7 Å². The molecule has 0 unspecified atom stereocenters. The average Bonchev–Trinajstić information content (AvgIpc) is 2.72. The molecule has 0 radical (unpaired) electrons. The molecule has 5 heteroatoms. The Bertz CT molecular complexity index is 577. The smallest absolute Gasteiger partial charge is 0.320 e. The molecular weight excluding hydrogens is 256 g/mol. The number of hydrogen-bond acceptors (Lipinski definition) is 3. The zero-order valence-corrected chi connectivity index (χ0v) is 10.6. The number of rotatable bonds is 2. The first-order chi connectivity index (χ1) is 9.56. The lowest BCUT2D eigenvalue weighted by Crippen LogP contribution is -2.55. The summed E-state index contributed by atoms with van der Waals surface area (Å²) in [6.45, 7) is 0. The monoisotopic (exact) mass is 270 g/mol. The number of hydrogen-bond donors (Lipinski definition) is 4. The Morgan fingerprint density at radius 2 is 1.05 bits per heavy atom. The van der Waals surface area contributed by atoms with E-state index in [0.29, 0.717) is 11.1 Å². The number of benzene rings is 2. The van der Waals surface area contributed by atoms with Crippen LogP contribution in [0.1, 0.15) is 11.1 Å². The van der Waals surface area contributed by atoms with E-state index in [0.717, 1.165) is 0 Å². The summed E-state index contributed by atoms with van der Waals surface area (Å²) < 4.78 is 0. The van der Waals surface area contributed by atoms with Crippen LogP contribution in [0.25, 0.3) is 0 Å². The van der Waals surface area contributed by atoms with E-state index in [9.17, 15) is 15.0 Å². The number of nitrogens with one attached hydrogen (secondary N) is 2. The van der Waals surface area contributed by atoms with Crippen LogP contribution in [0.3, 0.4) is 0 Å². The molecule has 2 amide bonds. The fraction of sp³-hybridized carbons (Fsp3) is 0.133. The highest BCUT2D eigenvalue weighted by Crippen LogP contribution is 2.39. The molecule has 4 N–H and O–H groups in total. The Morgan fingerprint density at radius 3 is 1.40 bits per heavy atom. The van der Waals surface area contributed by atoms with Crippen molar-refractivity contribution in [2.24, 2.45) is 0 Å².